The van der Waals surface area contributed by atoms with Crippen molar-refractivity contribution >= 4 is 6.29 Å². The van der Waals surface area contributed by atoms with Crippen molar-refractivity contribution in [3.05, 3.63) is 35.4 Å². The zero-order chi connectivity index (χ0) is 9.97. The average molecular weight is 189 g/mol. The van der Waals surface area contributed by atoms with Crippen LogP contribution in [0.2, 0.25) is 0 Å². The van der Waals surface area contributed by atoms with Gasteiger partial charge >= 0.3 is 0 Å². The van der Waals surface area contributed by atoms with Crippen LogP contribution in [-0.2, 0) is 0 Å². The zero-order valence-corrected chi connectivity index (χ0v) is 8.44. The van der Waals surface area contributed by atoms with Gasteiger partial charge in [0, 0.05) is 11.6 Å². The number of likely N-dealkylation sites (tertiary alicyclic amines) is 1. The highest BCUT2D eigenvalue weighted by Gasteiger charge is 2.23. The molecule has 1 atom stereocenters. The summed E-state index contributed by atoms with van der Waals surface area (Å²) in [6.45, 7) is 1.14. The van der Waals surface area contributed by atoms with Gasteiger partial charge in [-0.25, -0.2) is 0 Å². The molecule has 74 valence electrons. The standard InChI is InChI=1S/C12H15NO/c1-13-8-4-7-12(13)11-6-3-2-5-10(11)9-14/h2-3,5-6,9,12H,4,7-8H2,1H3. The molecule has 1 aromatic rings. The summed E-state index contributed by atoms with van der Waals surface area (Å²) in [5.74, 6) is 0. The van der Waals surface area contributed by atoms with E-state index in [2.05, 4.69) is 18.0 Å². The Morgan fingerprint density at radius 2 is 2.21 bits per heavy atom. The minimum absolute atomic E-state index is 0.441. The normalized spacial score (nSPS) is 22.5. The summed E-state index contributed by atoms with van der Waals surface area (Å²) in [5, 5.41) is 0. The topological polar surface area (TPSA) is 20.3 Å². The average Bonchev–Trinajstić information content (AvgIpc) is 2.64. The molecule has 0 bridgehead atoms. The van der Waals surface area contributed by atoms with Crippen LogP contribution in [-0.4, -0.2) is 24.8 Å². The fraction of sp³-hybridized carbons (Fsp3) is 0.417. The zero-order valence-electron chi connectivity index (χ0n) is 8.44. The Morgan fingerprint density at radius 3 is 2.86 bits per heavy atom. The van der Waals surface area contributed by atoms with Crippen molar-refractivity contribution in [3.8, 4) is 0 Å². The summed E-state index contributed by atoms with van der Waals surface area (Å²) < 4.78 is 0. The first-order valence-corrected chi connectivity index (χ1v) is 5.07. The fourth-order valence-corrected chi connectivity index (χ4v) is 2.22. The number of hydrogen-bond acceptors (Lipinski definition) is 2. The van der Waals surface area contributed by atoms with Crippen LogP contribution >= 0.6 is 0 Å². The molecule has 14 heavy (non-hydrogen) atoms. The molecule has 2 heteroatoms. The lowest BCUT2D eigenvalue weighted by molar-refractivity contribution is 0.112. The molecule has 1 aromatic carbocycles. The van der Waals surface area contributed by atoms with Gasteiger partial charge in [-0.3, -0.25) is 9.69 Å². The van der Waals surface area contributed by atoms with Gasteiger partial charge in [0.15, 0.2) is 0 Å². The first-order valence-electron chi connectivity index (χ1n) is 5.07. The summed E-state index contributed by atoms with van der Waals surface area (Å²) in [6, 6.07) is 8.33. The number of carbonyl (C=O) groups is 1. The summed E-state index contributed by atoms with van der Waals surface area (Å²) in [4.78, 5) is 13.2. The fourth-order valence-electron chi connectivity index (χ4n) is 2.22. The molecule has 0 radical (unpaired) electrons. The Morgan fingerprint density at radius 1 is 1.43 bits per heavy atom. The smallest absolute Gasteiger partial charge is 0.150 e. The Hall–Kier alpha value is -1.15. The molecular weight excluding hydrogens is 174 g/mol. The molecule has 0 aliphatic carbocycles. The van der Waals surface area contributed by atoms with Crippen LogP contribution in [0.15, 0.2) is 24.3 Å². The third-order valence-corrected chi connectivity index (χ3v) is 3.00. The van der Waals surface area contributed by atoms with Crippen LogP contribution in [0.5, 0.6) is 0 Å². The number of nitrogens with zero attached hydrogens (tertiary/aromatic N) is 1. The van der Waals surface area contributed by atoms with Crippen LogP contribution in [0.3, 0.4) is 0 Å². The van der Waals surface area contributed by atoms with Crippen molar-refractivity contribution in [3.63, 3.8) is 0 Å². The van der Waals surface area contributed by atoms with E-state index in [4.69, 9.17) is 0 Å². The van der Waals surface area contributed by atoms with Crippen LogP contribution in [0.25, 0.3) is 0 Å². The maximum Gasteiger partial charge on any atom is 0.150 e. The SMILES string of the molecule is CN1CCCC1c1ccccc1C=O. The third kappa shape index (κ3) is 1.58. The second kappa shape index (κ2) is 3.93. The van der Waals surface area contributed by atoms with Crippen molar-refractivity contribution in [1.82, 2.24) is 4.90 Å². The van der Waals surface area contributed by atoms with Gasteiger partial charge < -0.3 is 0 Å². The highest BCUT2D eigenvalue weighted by atomic mass is 16.1. The lowest BCUT2D eigenvalue weighted by Crippen LogP contribution is -2.18. The molecule has 1 heterocycles. The Kier molecular flexibility index (Phi) is 2.64. The molecule has 1 fully saturated rings. The molecule has 2 nitrogen and oxygen atoms in total. The minimum atomic E-state index is 0.441. The number of carbonyl (C=O) groups excluding carboxylic acids is 1. The molecule has 0 saturated carbocycles. The summed E-state index contributed by atoms with van der Waals surface area (Å²) >= 11 is 0. The highest BCUT2D eigenvalue weighted by Crippen LogP contribution is 2.31. The van der Waals surface area contributed by atoms with E-state index in [1.54, 1.807) is 0 Å². The van der Waals surface area contributed by atoms with Crippen molar-refractivity contribution < 1.29 is 4.79 Å². The van der Waals surface area contributed by atoms with Crippen LogP contribution in [0, 0.1) is 0 Å². The van der Waals surface area contributed by atoms with E-state index in [0.717, 1.165) is 18.4 Å². The molecular formula is C12H15NO. The second-order valence-electron chi connectivity index (χ2n) is 3.89. The maximum atomic E-state index is 10.9. The van der Waals surface area contributed by atoms with Gasteiger partial charge in [0.25, 0.3) is 0 Å². The molecule has 2 rings (SSSR count). The van der Waals surface area contributed by atoms with Gasteiger partial charge in [0.1, 0.15) is 6.29 Å². The van der Waals surface area contributed by atoms with Gasteiger partial charge in [-0.15, -0.1) is 0 Å². The first kappa shape index (κ1) is 9.41. The number of rotatable bonds is 2. The first-order chi connectivity index (χ1) is 6.83. The van der Waals surface area contributed by atoms with Gasteiger partial charge in [-0.05, 0) is 32.0 Å². The van der Waals surface area contributed by atoms with Crippen molar-refractivity contribution in [1.29, 1.82) is 0 Å². The number of benzene rings is 1. The van der Waals surface area contributed by atoms with Gasteiger partial charge in [0.2, 0.25) is 0 Å². The van der Waals surface area contributed by atoms with E-state index in [-0.39, 0.29) is 0 Å². The second-order valence-corrected chi connectivity index (χ2v) is 3.89. The van der Waals surface area contributed by atoms with Gasteiger partial charge in [-0.1, -0.05) is 24.3 Å². The van der Waals surface area contributed by atoms with E-state index < -0.39 is 0 Å². The molecule has 0 N–H and O–H groups in total. The van der Waals surface area contributed by atoms with Crippen molar-refractivity contribution in [2.75, 3.05) is 13.6 Å². The molecule has 1 aliphatic heterocycles. The largest absolute Gasteiger partial charge is 0.299 e. The molecule has 0 aromatic heterocycles. The third-order valence-electron chi connectivity index (χ3n) is 3.00. The molecule has 0 amide bonds. The molecule has 1 aliphatic rings. The van der Waals surface area contributed by atoms with E-state index in [0.29, 0.717) is 6.04 Å². The van der Waals surface area contributed by atoms with E-state index >= 15 is 0 Å². The molecule has 1 unspecified atom stereocenters. The summed E-state index contributed by atoms with van der Waals surface area (Å²) in [7, 11) is 2.12. The minimum Gasteiger partial charge on any atom is -0.299 e. The summed E-state index contributed by atoms with van der Waals surface area (Å²) in [6.07, 6.45) is 3.36. The van der Waals surface area contributed by atoms with Crippen LogP contribution in [0.1, 0.15) is 34.8 Å². The van der Waals surface area contributed by atoms with Gasteiger partial charge in [0.05, 0.1) is 0 Å². The van der Waals surface area contributed by atoms with E-state index in [9.17, 15) is 4.79 Å². The number of aldehydes is 1. The van der Waals surface area contributed by atoms with Crippen molar-refractivity contribution in [2.24, 2.45) is 0 Å². The van der Waals surface area contributed by atoms with E-state index in [1.165, 1.54) is 18.4 Å². The highest BCUT2D eigenvalue weighted by molar-refractivity contribution is 5.77. The van der Waals surface area contributed by atoms with Crippen LogP contribution in [0.4, 0.5) is 0 Å². The van der Waals surface area contributed by atoms with Gasteiger partial charge in [-0.2, -0.15) is 0 Å². The Labute approximate surface area is 84.5 Å². The predicted octanol–water partition coefficient (Wildman–Crippen LogP) is 2.27. The monoisotopic (exact) mass is 189 g/mol. The van der Waals surface area contributed by atoms with Crippen LogP contribution < -0.4 is 0 Å². The predicted molar refractivity (Wildman–Crippen MR) is 56.4 cm³/mol. The Bertz CT molecular complexity index is 335. The van der Waals surface area contributed by atoms with Crippen molar-refractivity contribution in [2.45, 2.75) is 18.9 Å². The lowest BCUT2D eigenvalue weighted by atomic mass is 9.99. The quantitative estimate of drug-likeness (QED) is 0.665. The number of hydrogen-bond donors (Lipinski definition) is 0. The van der Waals surface area contributed by atoms with E-state index in [1.807, 2.05) is 18.2 Å². The molecule has 1 saturated heterocycles. The summed E-state index contributed by atoms with van der Waals surface area (Å²) in [5.41, 5.74) is 2.02. The molecule has 0 spiro atoms. The maximum absolute atomic E-state index is 10.9. The Balaban J connectivity index is 2.34. The lowest BCUT2D eigenvalue weighted by Gasteiger charge is -2.20.